The van der Waals surface area contributed by atoms with Crippen molar-refractivity contribution in [3.05, 3.63) is 42.0 Å². The molecule has 84 valence electrons. The predicted molar refractivity (Wildman–Crippen MR) is 65.8 cm³/mol. The zero-order chi connectivity index (χ0) is 11.4. The van der Waals surface area contributed by atoms with Crippen LogP contribution in [-0.4, -0.2) is 12.5 Å². The minimum Gasteiger partial charge on any atom is -0.352 e. The van der Waals surface area contributed by atoms with Gasteiger partial charge in [0.1, 0.15) is 0 Å². The van der Waals surface area contributed by atoms with Gasteiger partial charge in [-0.25, -0.2) is 0 Å². The molecule has 1 N–H and O–H groups in total. The van der Waals surface area contributed by atoms with E-state index < -0.39 is 0 Å². The molecule has 0 radical (unpaired) electrons. The first-order chi connectivity index (χ1) is 7.77. The summed E-state index contributed by atoms with van der Waals surface area (Å²) in [5.41, 5.74) is 2.42. The second kappa shape index (κ2) is 4.97. The van der Waals surface area contributed by atoms with Crippen molar-refractivity contribution in [2.24, 2.45) is 5.92 Å². The molecule has 1 aromatic rings. The van der Waals surface area contributed by atoms with Crippen LogP contribution in [0.4, 0.5) is 0 Å². The standard InChI is InChI=1S/C14H17NO/c1-11(12-5-3-2-4-6-12)9-10-15-14(16)13-7-8-13/h2-6,9,13H,7-8,10H2,1H3,(H,15,16)/b11-9+. The Hall–Kier alpha value is -1.57. The van der Waals surface area contributed by atoms with Crippen LogP contribution in [0.5, 0.6) is 0 Å². The molecule has 1 aliphatic rings. The van der Waals surface area contributed by atoms with E-state index in [1.165, 1.54) is 11.1 Å². The van der Waals surface area contributed by atoms with Gasteiger partial charge in [-0.05, 0) is 30.9 Å². The van der Waals surface area contributed by atoms with Gasteiger partial charge in [0, 0.05) is 12.5 Å². The van der Waals surface area contributed by atoms with Gasteiger partial charge in [0.2, 0.25) is 5.91 Å². The second-order valence-electron chi connectivity index (χ2n) is 4.27. The molecule has 1 amide bonds. The minimum absolute atomic E-state index is 0.206. The van der Waals surface area contributed by atoms with Crippen LogP contribution in [-0.2, 0) is 4.79 Å². The van der Waals surface area contributed by atoms with Crippen molar-refractivity contribution in [3.8, 4) is 0 Å². The summed E-state index contributed by atoms with van der Waals surface area (Å²) in [5, 5.41) is 2.93. The van der Waals surface area contributed by atoms with Crippen molar-refractivity contribution in [2.45, 2.75) is 19.8 Å². The summed E-state index contributed by atoms with van der Waals surface area (Å²) in [6, 6.07) is 10.2. The highest BCUT2D eigenvalue weighted by Gasteiger charge is 2.28. The van der Waals surface area contributed by atoms with Crippen LogP contribution in [0.3, 0.4) is 0 Å². The molecule has 0 spiro atoms. The molecule has 1 saturated carbocycles. The summed E-state index contributed by atoms with van der Waals surface area (Å²) in [6.07, 6.45) is 4.19. The average Bonchev–Trinajstić information content (AvgIpc) is 3.14. The Morgan fingerprint density at radius 2 is 2.06 bits per heavy atom. The fourth-order valence-corrected chi connectivity index (χ4v) is 1.61. The lowest BCUT2D eigenvalue weighted by Gasteiger charge is -2.03. The molecule has 0 saturated heterocycles. The SMILES string of the molecule is C/C(=C\CNC(=O)C1CC1)c1ccccc1. The van der Waals surface area contributed by atoms with Crippen LogP contribution in [0.25, 0.3) is 5.57 Å². The van der Waals surface area contributed by atoms with Crippen molar-refractivity contribution < 1.29 is 4.79 Å². The summed E-state index contributed by atoms with van der Waals surface area (Å²) in [7, 11) is 0. The van der Waals surface area contributed by atoms with Crippen LogP contribution in [0.2, 0.25) is 0 Å². The number of benzene rings is 1. The normalized spacial score (nSPS) is 15.9. The van der Waals surface area contributed by atoms with Crippen molar-refractivity contribution in [1.82, 2.24) is 5.32 Å². The van der Waals surface area contributed by atoms with Gasteiger partial charge in [0.15, 0.2) is 0 Å². The van der Waals surface area contributed by atoms with E-state index in [9.17, 15) is 4.79 Å². The maximum atomic E-state index is 11.4. The smallest absolute Gasteiger partial charge is 0.223 e. The van der Waals surface area contributed by atoms with E-state index in [0.717, 1.165) is 12.8 Å². The monoisotopic (exact) mass is 215 g/mol. The Bertz CT molecular complexity index is 390. The number of allylic oxidation sites excluding steroid dienone is 1. The average molecular weight is 215 g/mol. The lowest BCUT2D eigenvalue weighted by molar-refractivity contribution is -0.122. The second-order valence-corrected chi connectivity index (χ2v) is 4.27. The summed E-state index contributed by atoms with van der Waals surface area (Å²) in [4.78, 5) is 11.4. The maximum absolute atomic E-state index is 11.4. The van der Waals surface area contributed by atoms with Crippen molar-refractivity contribution >= 4 is 11.5 Å². The molecule has 1 fully saturated rings. The van der Waals surface area contributed by atoms with Crippen LogP contribution >= 0.6 is 0 Å². The summed E-state index contributed by atoms with van der Waals surface area (Å²) in [5.74, 6) is 0.502. The van der Waals surface area contributed by atoms with E-state index in [1.54, 1.807) is 0 Å². The molecule has 2 heteroatoms. The Balaban J connectivity index is 1.84. The van der Waals surface area contributed by atoms with E-state index in [2.05, 4.69) is 30.4 Å². The summed E-state index contributed by atoms with van der Waals surface area (Å²) >= 11 is 0. The topological polar surface area (TPSA) is 29.1 Å². The number of carbonyl (C=O) groups excluding carboxylic acids is 1. The highest BCUT2D eigenvalue weighted by molar-refractivity contribution is 5.81. The van der Waals surface area contributed by atoms with E-state index in [4.69, 9.17) is 0 Å². The van der Waals surface area contributed by atoms with Crippen LogP contribution in [0.15, 0.2) is 36.4 Å². The van der Waals surface area contributed by atoms with Gasteiger partial charge in [0.25, 0.3) is 0 Å². The molecule has 0 aliphatic heterocycles. The molecule has 1 aromatic carbocycles. The van der Waals surface area contributed by atoms with E-state index >= 15 is 0 Å². The molecule has 16 heavy (non-hydrogen) atoms. The van der Waals surface area contributed by atoms with Gasteiger partial charge in [-0.15, -0.1) is 0 Å². The lowest BCUT2D eigenvalue weighted by Crippen LogP contribution is -2.24. The third-order valence-electron chi connectivity index (χ3n) is 2.86. The fraction of sp³-hybridized carbons (Fsp3) is 0.357. The van der Waals surface area contributed by atoms with E-state index in [-0.39, 0.29) is 5.91 Å². The fourth-order valence-electron chi connectivity index (χ4n) is 1.61. The Kier molecular flexibility index (Phi) is 3.40. The Morgan fingerprint density at radius 1 is 1.38 bits per heavy atom. The first-order valence-corrected chi connectivity index (χ1v) is 5.77. The largest absolute Gasteiger partial charge is 0.352 e. The molecular weight excluding hydrogens is 198 g/mol. The molecule has 2 rings (SSSR count). The maximum Gasteiger partial charge on any atom is 0.223 e. The zero-order valence-corrected chi connectivity index (χ0v) is 9.57. The molecular formula is C14H17NO. The van der Waals surface area contributed by atoms with Crippen molar-refractivity contribution in [2.75, 3.05) is 6.54 Å². The summed E-state index contributed by atoms with van der Waals surface area (Å²) in [6.45, 7) is 2.70. The Morgan fingerprint density at radius 3 is 2.69 bits per heavy atom. The van der Waals surface area contributed by atoms with Crippen LogP contribution < -0.4 is 5.32 Å². The van der Waals surface area contributed by atoms with Gasteiger partial charge in [-0.2, -0.15) is 0 Å². The van der Waals surface area contributed by atoms with E-state index in [1.807, 2.05) is 18.2 Å². The molecule has 1 aliphatic carbocycles. The number of nitrogens with one attached hydrogen (secondary N) is 1. The third-order valence-corrected chi connectivity index (χ3v) is 2.86. The minimum atomic E-state index is 0.206. The van der Waals surface area contributed by atoms with Gasteiger partial charge in [-0.3, -0.25) is 4.79 Å². The highest BCUT2D eigenvalue weighted by atomic mass is 16.2. The number of rotatable bonds is 4. The predicted octanol–water partition coefficient (Wildman–Crippen LogP) is 2.62. The molecule has 0 aromatic heterocycles. The molecule has 0 atom stereocenters. The lowest BCUT2D eigenvalue weighted by atomic mass is 10.1. The summed E-state index contributed by atoms with van der Waals surface area (Å²) < 4.78 is 0. The van der Waals surface area contributed by atoms with Crippen LogP contribution in [0.1, 0.15) is 25.3 Å². The number of carbonyl (C=O) groups is 1. The number of hydrogen-bond donors (Lipinski definition) is 1. The molecule has 0 unspecified atom stereocenters. The van der Waals surface area contributed by atoms with Gasteiger partial charge < -0.3 is 5.32 Å². The van der Waals surface area contributed by atoms with E-state index in [0.29, 0.717) is 12.5 Å². The van der Waals surface area contributed by atoms with Gasteiger partial charge in [0.05, 0.1) is 0 Å². The molecule has 0 bridgehead atoms. The van der Waals surface area contributed by atoms with Crippen molar-refractivity contribution in [3.63, 3.8) is 0 Å². The van der Waals surface area contributed by atoms with Crippen molar-refractivity contribution in [1.29, 1.82) is 0 Å². The third kappa shape index (κ3) is 2.96. The first kappa shape index (κ1) is 10.9. The zero-order valence-electron chi connectivity index (χ0n) is 9.57. The van der Waals surface area contributed by atoms with Gasteiger partial charge >= 0.3 is 0 Å². The first-order valence-electron chi connectivity index (χ1n) is 5.77. The molecule has 2 nitrogen and oxygen atoms in total. The quantitative estimate of drug-likeness (QED) is 0.822. The Labute approximate surface area is 96.4 Å². The highest BCUT2D eigenvalue weighted by Crippen LogP contribution is 2.28. The van der Waals surface area contributed by atoms with Gasteiger partial charge in [-0.1, -0.05) is 36.4 Å². The van der Waals surface area contributed by atoms with Crippen LogP contribution in [0, 0.1) is 5.92 Å². The number of hydrogen-bond acceptors (Lipinski definition) is 1. The number of amides is 1. The molecule has 0 heterocycles.